The summed E-state index contributed by atoms with van der Waals surface area (Å²) in [5.41, 5.74) is 0.491. The SMILES string of the molecule is CC1CCC(N(C(=O)Cn2cnc(C(=O)c3ccncc3)n2)C2CC2)CC1. The molecule has 2 aliphatic carbocycles. The highest BCUT2D eigenvalue weighted by molar-refractivity contribution is 6.06. The van der Waals surface area contributed by atoms with Crippen molar-refractivity contribution in [2.24, 2.45) is 5.92 Å². The van der Waals surface area contributed by atoms with E-state index in [2.05, 4.69) is 26.9 Å². The zero-order valence-corrected chi connectivity index (χ0v) is 15.6. The molecule has 0 atom stereocenters. The Hall–Kier alpha value is -2.57. The van der Waals surface area contributed by atoms with E-state index in [0.29, 0.717) is 17.6 Å². The zero-order chi connectivity index (χ0) is 18.8. The molecule has 0 aromatic carbocycles. The van der Waals surface area contributed by atoms with E-state index in [-0.39, 0.29) is 24.1 Å². The molecule has 0 spiro atoms. The number of amides is 1. The van der Waals surface area contributed by atoms with Gasteiger partial charge in [0, 0.05) is 30.0 Å². The van der Waals surface area contributed by atoms with Gasteiger partial charge in [-0.3, -0.25) is 14.6 Å². The number of ketones is 1. The molecule has 2 saturated carbocycles. The summed E-state index contributed by atoms with van der Waals surface area (Å²) in [5.74, 6) is 0.696. The summed E-state index contributed by atoms with van der Waals surface area (Å²) in [5, 5.41) is 4.23. The van der Waals surface area contributed by atoms with Crippen molar-refractivity contribution < 1.29 is 9.59 Å². The Labute approximate surface area is 158 Å². The molecule has 27 heavy (non-hydrogen) atoms. The van der Waals surface area contributed by atoms with Crippen LogP contribution in [-0.2, 0) is 11.3 Å². The first kappa shape index (κ1) is 17.8. The molecule has 0 N–H and O–H groups in total. The van der Waals surface area contributed by atoms with E-state index < -0.39 is 0 Å². The van der Waals surface area contributed by atoms with Gasteiger partial charge in [0.05, 0.1) is 0 Å². The minimum Gasteiger partial charge on any atom is -0.335 e. The number of carbonyl (C=O) groups excluding carboxylic acids is 2. The Morgan fingerprint density at radius 1 is 1.07 bits per heavy atom. The van der Waals surface area contributed by atoms with Gasteiger partial charge in [-0.1, -0.05) is 6.92 Å². The van der Waals surface area contributed by atoms with Crippen molar-refractivity contribution in [3.63, 3.8) is 0 Å². The molecule has 4 rings (SSSR count). The van der Waals surface area contributed by atoms with Crippen molar-refractivity contribution in [2.45, 2.75) is 64.1 Å². The van der Waals surface area contributed by atoms with Crippen LogP contribution in [0.2, 0.25) is 0 Å². The highest BCUT2D eigenvalue weighted by Gasteiger charge is 2.38. The number of pyridine rings is 1. The van der Waals surface area contributed by atoms with Crippen molar-refractivity contribution in [2.75, 3.05) is 0 Å². The van der Waals surface area contributed by atoms with Crippen LogP contribution in [0.1, 0.15) is 61.6 Å². The van der Waals surface area contributed by atoms with Crippen LogP contribution >= 0.6 is 0 Å². The lowest BCUT2D eigenvalue weighted by Gasteiger charge is -2.36. The fraction of sp³-hybridized carbons (Fsp3) is 0.550. The van der Waals surface area contributed by atoms with E-state index in [1.54, 1.807) is 24.5 Å². The molecule has 2 aromatic heterocycles. The Kier molecular flexibility index (Phi) is 5.01. The molecular formula is C20H25N5O2. The van der Waals surface area contributed by atoms with Gasteiger partial charge in [-0.2, -0.15) is 0 Å². The molecule has 0 aliphatic heterocycles. The lowest BCUT2D eigenvalue weighted by atomic mass is 9.86. The fourth-order valence-corrected chi connectivity index (χ4v) is 3.91. The lowest BCUT2D eigenvalue weighted by Crippen LogP contribution is -2.45. The van der Waals surface area contributed by atoms with Crippen LogP contribution in [0.5, 0.6) is 0 Å². The number of nitrogens with zero attached hydrogens (tertiary/aromatic N) is 5. The van der Waals surface area contributed by atoms with Crippen LogP contribution in [-0.4, -0.2) is 48.4 Å². The molecule has 2 aromatic rings. The maximum Gasteiger partial charge on any atom is 0.244 e. The zero-order valence-electron chi connectivity index (χ0n) is 15.6. The van der Waals surface area contributed by atoms with Crippen LogP contribution in [0.25, 0.3) is 0 Å². The average molecular weight is 367 g/mol. The summed E-state index contributed by atoms with van der Waals surface area (Å²) in [6, 6.07) is 4.00. The first-order valence-corrected chi connectivity index (χ1v) is 9.77. The minimum absolute atomic E-state index is 0.0878. The normalized spacial score (nSPS) is 22.4. The van der Waals surface area contributed by atoms with Crippen molar-refractivity contribution in [3.05, 3.63) is 42.2 Å². The Morgan fingerprint density at radius 3 is 2.33 bits per heavy atom. The predicted octanol–water partition coefficient (Wildman–Crippen LogP) is 2.47. The molecule has 7 heteroatoms. The molecule has 2 aliphatic rings. The van der Waals surface area contributed by atoms with Crippen molar-refractivity contribution in [1.82, 2.24) is 24.6 Å². The fourth-order valence-electron chi connectivity index (χ4n) is 3.91. The molecule has 7 nitrogen and oxygen atoms in total. The third-order valence-electron chi connectivity index (χ3n) is 5.59. The van der Waals surface area contributed by atoms with E-state index >= 15 is 0 Å². The lowest BCUT2D eigenvalue weighted by molar-refractivity contribution is -0.136. The van der Waals surface area contributed by atoms with E-state index in [0.717, 1.165) is 31.6 Å². The molecule has 0 unspecified atom stereocenters. The van der Waals surface area contributed by atoms with Gasteiger partial charge >= 0.3 is 0 Å². The van der Waals surface area contributed by atoms with Crippen molar-refractivity contribution in [1.29, 1.82) is 0 Å². The van der Waals surface area contributed by atoms with E-state index in [1.807, 2.05) is 0 Å². The van der Waals surface area contributed by atoms with Gasteiger partial charge in [-0.05, 0) is 56.6 Å². The first-order valence-electron chi connectivity index (χ1n) is 9.77. The second-order valence-electron chi connectivity index (χ2n) is 7.78. The van der Waals surface area contributed by atoms with E-state index in [4.69, 9.17) is 0 Å². The molecule has 2 fully saturated rings. The minimum atomic E-state index is -0.260. The molecule has 0 saturated heterocycles. The Morgan fingerprint density at radius 2 is 1.70 bits per heavy atom. The van der Waals surface area contributed by atoms with E-state index in [1.165, 1.54) is 23.9 Å². The average Bonchev–Trinajstić information content (AvgIpc) is 3.41. The van der Waals surface area contributed by atoms with Gasteiger partial charge in [-0.15, -0.1) is 5.10 Å². The smallest absolute Gasteiger partial charge is 0.244 e. The van der Waals surface area contributed by atoms with Crippen LogP contribution < -0.4 is 0 Å². The number of hydrogen-bond donors (Lipinski definition) is 0. The quantitative estimate of drug-likeness (QED) is 0.733. The summed E-state index contributed by atoms with van der Waals surface area (Å²) in [6.45, 7) is 2.43. The van der Waals surface area contributed by atoms with Gasteiger partial charge in [-0.25, -0.2) is 9.67 Å². The standard InChI is InChI=1S/C20H25N5O2/c1-14-2-4-16(5-3-14)25(17-6-7-17)18(26)12-24-13-22-20(23-24)19(27)15-8-10-21-11-9-15/h8-11,13-14,16-17H,2-7,12H2,1H3. The summed E-state index contributed by atoms with van der Waals surface area (Å²) < 4.78 is 1.48. The molecular weight excluding hydrogens is 342 g/mol. The number of carbonyl (C=O) groups is 2. The van der Waals surface area contributed by atoms with Gasteiger partial charge in [0.15, 0.2) is 0 Å². The third-order valence-corrected chi connectivity index (χ3v) is 5.59. The Bertz CT molecular complexity index is 807. The van der Waals surface area contributed by atoms with Gasteiger partial charge in [0.1, 0.15) is 12.9 Å². The molecule has 1 amide bonds. The first-order chi connectivity index (χ1) is 13.1. The third kappa shape index (κ3) is 4.07. The molecule has 142 valence electrons. The molecule has 0 bridgehead atoms. The van der Waals surface area contributed by atoms with Crippen LogP contribution in [0.3, 0.4) is 0 Å². The van der Waals surface area contributed by atoms with Crippen LogP contribution in [0.15, 0.2) is 30.9 Å². The monoisotopic (exact) mass is 367 g/mol. The van der Waals surface area contributed by atoms with Gasteiger partial charge in [0.25, 0.3) is 0 Å². The highest BCUT2D eigenvalue weighted by Crippen LogP contribution is 2.35. The predicted molar refractivity (Wildman–Crippen MR) is 99.0 cm³/mol. The van der Waals surface area contributed by atoms with Gasteiger partial charge < -0.3 is 4.90 Å². The Balaban J connectivity index is 1.43. The summed E-state index contributed by atoms with van der Waals surface area (Å²) in [6.07, 6.45) is 11.4. The second kappa shape index (κ2) is 7.58. The summed E-state index contributed by atoms with van der Waals surface area (Å²) in [7, 11) is 0. The number of aromatic nitrogens is 4. The second-order valence-corrected chi connectivity index (χ2v) is 7.78. The number of rotatable bonds is 6. The summed E-state index contributed by atoms with van der Waals surface area (Å²) >= 11 is 0. The van der Waals surface area contributed by atoms with Crippen molar-refractivity contribution >= 4 is 11.7 Å². The number of hydrogen-bond acceptors (Lipinski definition) is 5. The topological polar surface area (TPSA) is 81.0 Å². The van der Waals surface area contributed by atoms with Crippen molar-refractivity contribution in [3.8, 4) is 0 Å². The molecule has 2 heterocycles. The summed E-state index contributed by atoms with van der Waals surface area (Å²) in [4.78, 5) is 35.5. The largest absolute Gasteiger partial charge is 0.335 e. The van der Waals surface area contributed by atoms with Gasteiger partial charge in [0.2, 0.25) is 17.5 Å². The maximum atomic E-state index is 13.0. The maximum absolute atomic E-state index is 13.0. The van der Waals surface area contributed by atoms with Crippen LogP contribution in [0, 0.1) is 5.92 Å². The highest BCUT2D eigenvalue weighted by atomic mass is 16.2. The molecule has 0 radical (unpaired) electrons. The van der Waals surface area contributed by atoms with Crippen LogP contribution in [0.4, 0.5) is 0 Å². The van der Waals surface area contributed by atoms with E-state index in [9.17, 15) is 9.59 Å².